The molecule has 48 valence electrons. The number of aromatic nitrogens is 1. The molecular weight excluding hydrogens is 134 g/mol. The molecule has 2 rings (SSSR count). The molecule has 1 aliphatic rings. The van der Waals surface area contributed by atoms with Gasteiger partial charge in [-0.15, -0.1) is 11.3 Å². The van der Waals surface area contributed by atoms with Gasteiger partial charge in [-0.1, -0.05) is 0 Å². The van der Waals surface area contributed by atoms with Gasteiger partial charge >= 0.3 is 0 Å². The molecule has 0 spiro atoms. The Balaban J connectivity index is 2.39. The minimum absolute atomic E-state index is 0.844. The van der Waals surface area contributed by atoms with E-state index in [0.29, 0.717) is 0 Å². The third-order valence-electron chi connectivity index (χ3n) is 1.39. The molecule has 0 aliphatic carbocycles. The van der Waals surface area contributed by atoms with Crippen LogP contribution in [0, 0.1) is 0 Å². The Bertz CT molecular complexity index is 188. The quantitative estimate of drug-likeness (QED) is 0.545. The predicted molar refractivity (Wildman–Crippen MR) is 35.9 cm³/mol. The molecule has 0 aromatic carbocycles. The number of fused-ring (bicyclic) bond motifs is 1. The number of rotatable bonds is 0. The summed E-state index contributed by atoms with van der Waals surface area (Å²) in [6.45, 7) is 0.844. The van der Waals surface area contributed by atoms with Crippen LogP contribution in [0.2, 0.25) is 0 Å². The van der Waals surface area contributed by atoms with E-state index in [1.165, 1.54) is 4.88 Å². The molecule has 0 saturated carbocycles. The Labute approximate surface area is 57.5 Å². The normalized spacial score (nSPS) is 16.4. The highest BCUT2D eigenvalue weighted by Crippen LogP contribution is 2.25. The number of ether oxygens (including phenoxy) is 1. The Morgan fingerprint density at radius 1 is 1.67 bits per heavy atom. The van der Waals surface area contributed by atoms with Crippen molar-refractivity contribution in [1.82, 2.24) is 4.98 Å². The van der Waals surface area contributed by atoms with E-state index in [0.717, 1.165) is 25.3 Å². The number of hydrogen-bond acceptors (Lipinski definition) is 3. The van der Waals surface area contributed by atoms with Crippen LogP contribution in [-0.2, 0) is 6.42 Å². The zero-order valence-corrected chi connectivity index (χ0v) is 5.78. The molecule has 0 saturated heterocycles. The van der Waals surface area contributed by atoms with Gasteiger partial charge in [-0.2, -0.15) is 0 Å². The third-order valence-corrected chi connectivity index (χ3v) is 2.26. The summed E-state index contributed by atoms with van der Waals surface area (Å²) in [5, 5.41) is 0. The molecule has 0 unspecified atom stereocenters. The largest absolute Gasteiger partial charge is 0.477 e. The molecule has 1 aliphatic heterocycles. The minimum atomic E-state index is 0.844. The van der Waals surface area contributed by atoms with Crippen LogP contribution in [0.1, 0.15) is 11.3 Å². The summed E-state index contributed by atoms with van der Waals surface area (Å²) in [4.78, 5) is 5.36. The first-order valence-corrected chi connectivity index (χ1v) is 3.90. The maximum Gasteiger partial charge on any atom is 0.227 e. The van der Waals surface area contributed by atoms with Gasteiger partial charge in [0.15, 0.2) is 0 Å². The van der Waals surface area contributed by atoms with Crippen LogP contribution in [0.15, 0.2) is 5.51 Å². The van der Waals surface area contributed by atoms with Gasteiger partial charge in [-0.3, -0.25) is 0 Å². The maximum atomic E-state index is 5.26. The van der Waals surface area contributed by atoms with E-state index in [-0.39, 0.29) is 0 Å². The van der Waals surface area contributed by atoms with Crippen molar-refractivity contribution < 1.29 is 4.74 Å². The molecule has 3 heteroatoms. The summed E-state index contributed by atoms with van der Waals surface area (Å²) in [5.74, 6) is 0.867. The van der Waals surface area contributed by atoms with Gasteiger partial charge in [0.05, 0.1) is 17.0 Å². The van der Waals surface area contributed by atoms with Gasteiger partial charge in [-0.05, 0) is 12.8 Å². The SMILES string of the molecule is c1nc2c(s1)CCCO2. The van der Waals surface area contributed by atoms with Crippen LogP contribution in [0.4, 0.5) is 0 Å². The first kappa shape index (κ1) is 5.23. The molecule has 0 amide bonds. The fraction of sp³-hybridized carbons (Fsp3) is 0.500. The van der Waals surface area contributed by atoms with Gasteiger partial charge < -0.3 is 4.74 Å². The van der Waals surface area contributed by atoms with Gasteiger partial charge in [-0.25, -0.2) is 4.98 Å². The molecule has 1 aromatic heterocycles. The second-order valence-electron chi connectivity index (χ2n) is 2.03. The average molecular weight is 141 g/mol. The lowest BCUT2D eigenvalue weighted by molar-refractivity contribution is 0.280. The third kappa shape index (κ3) is 0.812. The fourth-order valence-corrected chi connectivity index (χ4v) is 1.70. The second-order valence-corrected chi connectivity index (χ2v) is 2.97. The molecule has 2 heterocycles. The molecule has 9 heavy (non-hydrogen) atoms. The highest BCUT2D eigenvalue weighted by Gasteiger charge is 2.11. The molecular formula is C6H7NOS. The van der Waals surface area contributed by atoms with Crippen molar-refractivity contribution in [1.29, 1.82) is 0 Å². The molecule has 0 fully saturated rings. The number of aryl methyl sites for hydroxylation is 1. The second kappa shape index (κ2) is 1.99. The van der Waals surface area contributed by atoms with Crippen LogP contribution in [0.25, 0.3) is 0 Å². The lowest BCUT2D eigenvalue weighted by atomic mass is 10.2. The maximum absolute atomic E-state index is 5.26. The van der Waals surface area contributed by atoms with Crippen LogP contribution >= 0.6 is 11.3 Å². The van der Waals surface area contributed by atoms with E-state index in [9.17, 15) is 0 Å². The minimum Gasteiger partial charge on any atom is -0.477 e. The first-order chi connectivity index (χ1) is 4.47. The monoisotopic (exact) mass is 141 g/mol. The van der Waals surface area contributed by atoms with Gasteiger partial charge in [0.2, 0.25) is 5.88 Å². The summed E-state index contributed by atoms with van der Waals surface area (Å²) < 4.78 is 5.26. The van der Waals surface area contributed by atoms with E-state index < -0.39 is 0 Å². The van der Waals surface area contributed by atoms with Gasteiger partial charge in [0.25, 0.3) is 0 Å². The van der Waals surface area contributed by atoms with Crippen molar-refractivity contribution >= 4 is 11.3 Å². The lowest BCUT2D eigenvalue weighted by Gasteiger charge is -2.09. The lowest BCUT2D eigenvalue weighted by Crippen LogP contribution is -2.06. The van der Waals surface area contributed by atoms with Crippen molar-refractivity contribution in [3.05, 3.63) is 10.4 Å². The Morgan fingerprint density at radius 3 is 3.56 bits per heavy atom. The molecule has 0 atom stereocenters. The van der Waals surface area contributed by atoms with E-state index >= 15 is 0 Å². The van der Waals surface area contributed by atoms with E-state index in [4.69, 9.17) is 4.74 Å². The highest BCUT2D eigenvalue weighted by molar-refractivity contribution is 7.09. The summed E-state index contributed by atoms with van der Waals surface area (Å²) >= 11 is 1.69. The zero-order valence-electron chi connectivity index (χ0n) is 4.96. The summed E-state index contributed by atoms with van der Waals surface area (Å²) in [7, 11) is 0. The topological polar surface area (TPSA) is 22.1 Å². The van der Waals surface area contributed by atoms with E-state index in [2.05, 4.69) is 4.98 Å². The average Bonchev–Trinajstić information content (AvgIpc) is 2.33. The van der Waals surface area contributed by atoms with Crippen LogP contribution in [0.3, 0.4) is 0 Å². The van der Waals surface area contributed by atoms with Crippen LogP contribution in [-0.4, -0.2) is 11.6 Å². The number of hydrogen-bond donors (Lipinski definition) is 0. The zero-order chi connectivity index (χ0) is 6.10. The predicted octanol–water partition coefficient (Wildman–Crippen LogP) is 1.47. The molecule has 0 radical (unpaired) electrons. The van der Waals surface area contributed by atoms with Crippen molar-refractivity contribution in [2.24, 2.45) is 0 Å². The summed E-state index contributed by atoms with van der Waals surface area (Å²) in [5.41, 5.74) is 1.84. The molecule has 0 bridgehead atoms. The van der Waals surface area contributed by atoms with Crippen molar-refractivity contribution in [2.45, 2.75) is 12.8 Å². The molecule has 0 N–H and O–H groups in total. The summed E-state index contributed by atoms with van der Waals surface area (Å²) in [6, 6.07) is 0. The van der Waals surface area contributed by atoms with Gasteiger partial charge in [0.1, 0.15) is 0 Å². The van der Waals surface area contributed by atoms with E-state index in [1.54, 1.807) is 11.3 Å². The smallest absolute Gasteiger partial charge is 0.227 e. The fourth-order valence-electron chi connectivity index (χ4n) is 0.945. The van der Waals surface area contributed by atoms with Crippen molar-refractivity contribution in [2.75, 3.05) is 6.61 Å². The summed E-state index contributed by atoms with van der Waals surface area (Å²) in [6.07, 6.45) is 2.30. The standard InChI is InChI=1S/C6H7NOS/c1-2-5-6(8-3-1)7-4-9-5/h4H,1-3H2. The highest BCUT2D eigenvalue weighted by atomic mass is 32.1. The van der Waals surface area contributed by atoms with Crippen LogP contribution in [0.5, 0.6) is 5.88 Å². The Hall–Kier alpha value is -0.570. The van der Waals surface area contributed by atoms with Crippen molar-refractivity contribution in [3.63, 3.8) is 0 Å². The van der Waals surface area contributed by atoms with Crippen LogP contribution < -0.4 is 4.74 Å². The number of thiazole rings is 1. The Kier molecular flexibility index (Phi) is 1.16. The molecule has 2 nitrogen and oxygen atoms in total. The number of nitrogens with zero attached hydrogens (tertiary/aromatic N) is 1. The van der Waals surface area contributed by atoms with Gasteiger partial charge in [0, 0.05) is 0 Å². The Morgan fingerprint density at radius 2 is 2.67 bits per heavy atom. The first-order valence-electron chi connectivity index (χ1n) is 3.02. The van der Waals surface area contributed by atoms with Crippen molar-refractivity contribution in [3.8, 4) is 5.88 Å². The molecule has 1 aromatic rings. The van der Waals surface area contributed by atoms with E-state index in [1.807, 2.05) is 5.51 Å².